The summed E-state index contributed by atoms with van der Waals surface area (Å²) >= 11 is 0. The van der Waals surface area contributed by atoms with Crippen molar-refractivity contribution in [2.24, 2.45) is 0 Å². The standard InChI is InChI=1S/C16H20N2O/c1-19-16-7-5-12-9-14(6-4-13(12)10-16)18-15-3-2-8-17-11-15/h4-7,9-10,15,17-18H,2-3,8,11H2,1H3. The van der Waals surface area contributed by atoms with Gasteiger partial charge >= 0.3 is 0 Å². The van der Waals surface area contributed by atoms with Crippen LogP contribution in [0.2, 0.25) is 0 Å². The predicted octanol–water partition coefficient (Wildman–Crippen LogP) is 3.01. The van der Waals surface area contributed by atoms with Crippen molar-refractivity contribution in [3.63, 3.8) is 0 Å². The number of piperidine rings is 1. The van der Waals surface area contributed by atoms with Crippen LogP contribution in [0.25, 0.3) is 10.8 Å². The predicted molar refractivity (Wildman–Crippen MR) is 80.0 cm³/mol. The van der Waals surface area contributed by atoms with E-state index in [0.29, 0.717) is 6.04 Å². The fraction of sp³-hybridized carbons (Fsp3) is 0.375. The molecule has 1 saturated heterocycles. The van der Waals surface area contributed by atoms with E-state index < -0.39 is 0 Å². The summed E-state index contributed by atoms with van der Waals surface area (Å²) in [5.74, 6) is 0.907. The maximum Gasteiger partial charge on any atom is 0.119 e. The zero-order chi connectivity index (χ0) is 13.1. The Morgan fingerprint density at radius 2 is 2.00 bits per heavy atom. The van der Waals surface area contributed by atoms with E-state index in [1.165, 1.54) is 29.3 Å². The van der Waals surface area contributed by atoms with Gasteiger partial charge in [-0.25, -0.2) is 0 Å². The van der Waals surface area contributed by atoms with Crippen LogP contribution in [0.1, 0.15) is 12.8 Å². The molecule has 0 radical (unpaired) electrons. The van der Waals surface area contributed by atoms with Crippen molar-refractivity contribution in [1.29, 1.82) is 0 Å². The van der Waals surface area contributed by atoms with Crippen molar-refractivity contribution < 1.29 is 4.74 Å². The van der Waals surface area contributed by atoms with Crippen molar-refractivity contribution in [2.45, 2.75) is 18.9 Å². The Morgan fingerprint density at radius 3 is 2.79 bits per heavy atom. The first kappa shape index (κ1) is 12.3. The quantitative estimate of drug-likeness (QED) is 0.885. The van der Waals surface area contributed by atoms with E-state index >= 15 is 0 Å². The summed E-state index contributed by atoms with van der Waals surface area (Å²) in [6.45, 7) is 2.20. The van der Waals surface area contributed by atoms with Crippen molar-refractivity contribution >= 4 is 16.5 Å². The average Bonchev–Trinajstić information content (AvgIpc) is 2.48. The molecule has 100 valence electrons. The molecule has 19 heavy (non-hydrogen) atoms. The minimum Gasteiger partial charge on any atom is -0.497 e. The molecule has 1 unspecified atom stereocenters. The first-order valence-electron chi connectivity index (χ1n) is 6.90. The number of benzene rings is 2. The Kier molecular flexibility index (Phi) is 3.56. The van der Waals surface area contributed by atoms with Crippen molar-refractivity contribution in [3.8, 4) is 5.75 Å². The van der Waals surface area contributed by atoms with E-state index in [-0.39, 0.29) is 0 Å². The normalized spacial score (nSPS) is 19.3. The SMILES string of the molecule is COc1ccc2cc(NC3CCCNC3)ccc2c1. The van der Waals surface area contributed by atoms with Crippen LogP contribution < -0.4 is 15.4 Å². The lowest BCUT2D eigenvalue weighted by atomic mass is 10.1. The van der Waals surface area contributed by atoms with E-state index in [4.69, 9.17) is 4.74 Å². The van der Waals surface area contributed by atoms with E-state index in [2.05, 4.69) is 41.0 Å². The summed E-state index contributed by atoms with van der Waals surface area (Å²) in [6.07, 6.45) is 2.50. The Morgan fingerprint density at radius 1 is 1.16 bits per heavy atom. The van der Waals surface area contributed by atoms with Gasteiger partial charge in [0.15, 0.2) is 0 Å². The second-order valence-electron chi connectivity index (χ2n) is 5.12. The van der Waals surface area contributed by atoms with Gasteiger partial charge in [-0.1, -0.05) is 12.1 Å². The number of hydrogen-bond acceptors (Lipinski definition) is 3. The van der Waals surface area contributed by atoms with Gasteiger partial charge in [-0.15, -0.1) is 0 Å². The summed E-state index contributed by atoms with van der Waals surface area (Å²) in [5.41, 5.74) is 1.20. The highest BCUT2D eigenvalue weighted by Gasteiger charge is 2.12. The highest BCUT2D eigenvalue weighted by Crippen LogP contribution is 2.24. The molecule has 0 amide bonds. The molecule has 3 rings (SSSR count). The van der Waals surface area contributed by atoms with Crippen LogP contribution in [-0.2, 0) is 0 Å². The molecular weight excluding hydrogens is 236 g/mol. The minimum atomic E-state index is 0.546. The fourth-order valence-corrected chi connectivity index (χ4v) is 2.65. The minimum absolute atomic E-state index is 0.546. The van der Waals surface area contributed by atoms with Gasteiger partial charge in [0.2, 0.25) is 0 Å². The molecule has 3 heteroatoms. The zero-order valence-electron chi connectivity index (χ0n) is 11.3. The number of methoxy groups -OCH3 is 1. The van der Waals surface area contributed by atoms with Gasteiger partial charge in [-0.3, -0.25) is 0 Å². The lowest BCUT2D eigenvalue weighted by Gasteiger charge is -2.25. The smallest absolute Gasteiger partial charge is 0.119 e. The van der Waals surface area contributed by atoms with Crippen LogP contribution in [-0.4, -0.2) is 26.2 Å². The maximum atomic E-state index is 5.25. The molecule has 0 spiro atoms. The molecule has 3 nitrogen and oxygen atoms in total. The fourth-order valence-electron chi connectivity index (χ4n) is 2.65. The highest BCUT2D eigenvalue weighted by atomic mass is 16.5. The third-order valence-corrected chi connectivity index (χ3v) is 3.72. The summed E-state index contributed by atoms with van der Waals surface area (Å²) in [4.78, 5) is 0. The maximum absolute atomic E-state index is 5.25. The highest BCUT2D eigenvalue weighted by molar-refractivity contribution is 5.87. The molecule has 0 aliphatic carbocycles. The number of hydrogen-bond donors (Lipinski definition) is 2. The first-order chi connectivity index (χ1) is 9.35. The molecule has 2 aromatic carbocycles. The topological polar surface area (TPSA) is 33.3 Å². The molecule has 1 aliphatic rings. The number of nitrogens with one attached hydrogen (secondary N) is 2. The summed E-state index contributed by atoms with van der Waals surface area (Å²) in [5, 5.41) is 9.50. The summed E-state index contributed by atoms with van der Waals surface area (Å²) in [7, 11) is 1.70. The van der Waals surface area contributed by atoms with Crippen LogP contribution in [0, 0.1) is 0 Å². The molecule has 0 saturated carbocycles. The van der Waals surface area contributed by atoms with Gasteiger partial charge in [-0.2, -0.15) is 0 Å². The Hall–Kier alpha value is -1.74. The molecule has 1 aliphatic heterocycles. The van der Waals surface area contributed by atoms with Gasteiger partial charge < -0.3 is 15.4 Å². The van der Waals surface area contributed by atoms with Crippen LogP contribution in [0.15, 0.2) is 36.4 Å². The van der Waals surface area contributed by atoms with Crippen molar-refractivity contribution in [1.82, 2.24) is 5.32 Å². The number of fused-ring (bicyclic) bond motifs is 1. The third-order valence-electron chi connectivity index (χ3n) is 3.72. The lowest BCUT2D eigenvalue weighted by Crippen LogP contribution is -2.38. The van der Waals surface area contributed by atoms with E-state index in [0.717, 1.165) is 18.8 Å². The molecule has 1 atom stereocenters. The van der Waals surface area contributed by atoms with Gasteiger partial charge in [0, 0.05) is 18.3 Å². The van der Waals surface area contributed by atoms with E-state index in [1.807, 2.05) is 6.07 Å². The van der Waals surface area contributed by atoms with Crippen LogP contribution in [0.4, 0.5) is 5.69 Å². The second-order valence-corrected chi connectivity index (χ2v) is 5.12. The second kappa shape index (κ2) is 5.49. The molecule has 2 N–H and O–H groups in total. The molecule has 1 heterocycles. The lowest BCUT2D eigenvalue weighted by molar-refractivity contribution is 0.415. The van der Waals surface area contributed by atoms with Gasteiger partial charge in [0.05, 0.1) is 7.11 Å². The van der Waals surface area contributed by atoms with E-state index in [9.17, 15) is 0 Å². The molecule has 0 bridgehead atoms. The zero-order valence-corrected chi connectivity index (χ0v) is 11.3. The Balaban J connectivity index is 1.80. The van der Waals surface area contributed by atoms with Gasteiger partial charge in [-0.05, 0) is 54.4 Å². The summed E-state index contributed by atoms with van der Waals surface area (Å²) in [6, 6.07) is 13.2. The van der Waals surface area contributed by atoms with Crippen molar-refractivity contribution in [2.75, 3.05) is 25.5 Å². The van der Waals surface area contributed by atoms with Gasteiger partial charge in [0.25, 0.3) is 0 Å². The van der Waals surface area contributed by atoms with Crippen LogP contribution in [0.5, 0.6) is 5.75 Å². The third kappa shape index (κ3) is 2.82. The first-order valence-corrected chi connectivity index (χ1v) is 6.90. The van der Waals surface area contributed by atoms with E-state index in [1.54, 1.807) is 7.11 Å². The molecule has 0 aromatic heterocycles. The number of ether oxygens (including phenoxy) is 1. The Labute approximate surface area is 114 Å². The van der Waals surface area contributed by atoms with Crippen LogP contribution in [0.3, 0.4) is 0 Å². The average molecular weight is 256 g/mol. The van der Waals surface area contributed by atoms with Crippen molar-refractivity contribution in [3.05, 3.63) is 36.4 Å². The summed E-state index contributed by atoms with van der Waals surface area (Å²) < 4.78 is 5.25. The van der Waals surface area contributed by atoms with Crippen LogP contribution >= 0.6 is 0 Å². The molecular formula is C16H20N2O. The number of anilines is 1. The largest absolute Gasteiger partial charge is 0.497 e. The molecule has 2 aromatic rings. The van der Waals surface area contributed by atoms with Gasteiger partial charge in [0.1, 0.15) is 5.75 Å². The Bertz CT molecular complexity index is 562. The molecule has 1 fully saturated rings. The monoisotopic (exact) mass is 256 g/mol. The number of rotatable bonds is 3.